The molecular formula is C26H29ClFN. The van der Waals surface area contributed by atoms with E-state index >= 15 is 4.39 Å². The minimum absolute atomic E-state index is 0.476. The monoisotopic (exact) mass is 409 g/mol. The Morgan fingerprint density at radius 2 is 1.86 bits per heavy atom. The second kappa shape index (κ2) is 8.56. The van der Waals surface area contributed by atoms with Gasteiger partial charge >= 0.3 is 0 Å². The van der Waals surface area contributed by atoms with Crippen LogP contribution in [-0.4, -0.2) is 5.67 Å². The van der Waals surface area contributed by atoms with E-state index in [2.05, 4.69) is 12.6 Å². The molecule has 2 aromatic rings. The fraction of sp³-hybridized carbons (Fsp3) is 0.346. The molecular weight excluding hydrogens is 381 g/mol. The Morgan fingerprint density at radius 1 is 1.21 bits per heavy atom. The van der Waals surface area contributed by atoms with Crippen LogP contribution in [0.2, 0.25) is 5.02 Å². The third-order valence-electron chi connectivity index (χ3n) is 6.21. The highest BCUT2D eigenvalue weighted by Gasteiger charge is 2.44. The van der Waals surface area contributed by atoms with Gasteiger partial charge in [0, 0.05) is 10.4 Å². The topological polar surface area (TPSA) is 23.8 Å². The number of allylic oxidation sites excluding steroid dienone is 2. The van der Waals surface area contributed by atoms with Gasteiger partial charge in [-0.05, 0) is 86.6 Å². The van der Waals surface area contributed by atoms with Crippen molar-refractivity contribution in [3.8, 4) is 6.07 Å². The van der Waals surface area contributed by atoms with Crippen molar-refractivity contribution in [1.82, 2.24) is 0 Å². The fourth-order valence-corrected chi connectivity index (χ4v) is 3.84. The standard InChI is InChI=1S/C26H29ClFN/c1-8-19-10-11-21(13-22(19)16-29)20(9-2)15-26(7,25(5,6)28)23-12-17(3)18(4)24(27)14-23/h8-14H,1,15H2,2-7H3. The van der Waals surface area contributed by atoms with E-state index in [9.17, 15) is 5.26 Å². The number of hydrogen-bond donors (Lipinski definition) is 0. The van der Waals surface area contributed by atoms with E-state index in [0.717, 1.165) is 33.4 Å². The molecule has 2 rings (SSSR count). The molecule has 152 valence electrons. The molecule has 0 aliphatic heterocycles. The van der Waals surface area contributed by atoms with Gasteiger partial charge in [0.15, 0.2) is 0 Å². The molecule has 1 atom stereocenters. The summed E-state index contributed by atoms with van der Waals surface area (Å²) in [4.78, 5) is 0. The molecule has 0 amide bonds. The van der Waals surface area contributed by atoms with E-state index < -0.39 is 11.1 Å². The summed E-state index contributed by atoms with van der Waals surface area (Å²) in [5, 5.41) is 10.1. The zero-order chi connectivity index (χ0) is 22.0. The molecule has 29 heavy (non-hydrogen) atoms. The molecule has 0 N–H and O–H groups in total. The number of nitrogens with zero attached hydrogens (tertiary/aromatic N) is 1. The lowest BCUT2D eigenvalue weighted by atomic mass is 9.66. The molecule has 1 nitrogen and oxygen atoms in total. The van der Waals surface area contributed by atoms with E-state index in [1.165, 1.54) is 0 Å². The first-order valence-electron chi connectivity index (χ1n) is 9.76. The van der Waals surface area contributed by atoms with Crippen molar-refractivity contribution in [1.29, 1.82) is 5.26 Å². The Kier molecular flexibility index (Phi) is 6.76. The summed E-state index contributed by atoms with van der Waals surface area (Å²) in [6, 6.07) is 11.9. The Balaban J connectivity index is 2.60. The van der Waals surface area contributed by atoms with Crippen molar-refractivity contribution in [3.05, 3.63) is 81.4 Å². The number of alkyl halides is 1. The summed E-state index contributed by atoms with van der Waals surface area (Å²) < 4.78 is 15.6. The van der Waals surface area contributed by atoms with Crippen LogP contribution in [0.15, 0.2) is 43.0 Å². The van der Waals surface area contributed by atoms with Gasteiger partial charge in [0.2, 0.25) is 0 Å². The largest absolute Gasteiger partial charge is 0.244 e. The van der Waals surface area contributed by atoms with E-state index in [4.69, 9.17) is 11.6 Å². The highest BCUT2D eigenvalue weighted by atomic mass is 35.5. The SMILES string of the molecule is C=Cc1ccc(C(=CC)CC(C)(c2cc(C)c(C)c(Cl)c2)C(C)(C)F)cc1C#N. The predicted octanol–water partition coefficient (Wildman–Crippen LogP) is 7.97. The number of hydrogen-bond acceptors (Lipinski definition) is 1. The van der Waals surface area contributed by atoms with Crippen molar-refractivity contribution in [2.75, 3.05) is 0 Å². The molecule has 0 saturated heterocycles. The molecule has 0 bridgehead atoms. The molecule has 0 heterocycles. The van der Waals surface area contributed by atoms with E-state index in [1.807, 2.05) is 64.1 Å². The first-order valence-corrected chi connectivity index (χ1v) is 10.1. The van der Waals surface area contributed by atoms with Crippen molar-refractivity contribution in [2.24, 2.45) is 0 Å². The zero-order valence-electron chi connectivity index (χ0n) is 18.2. The second-order valence-corrected chi connectivity index (χ2v) is 8.72. The smallest absolute Gasteiger partial charge is 0.115 e. The quantitative estimate of drug-likeness (QED) is 0.474. The Morgan fingerprint density at radius 3 is 2.34 bits per heavy atom. The van der Waals surface area contributed by atoms with Gasteiger partial charge in [-0.2, -0.15) is 5.26 Å². The van der Waals surface area contributed by atoms with Gasteiger partial charge in [-0.3, -0.25) is 0 Å². The van der Waals surface area contributed by atoms with Crippen LogP contribution in [0.1, 0.15) is 67.5 Å². The van der Waals surface area contributed by atoms with Gasteiger partial charge in [-0.1, -0.05) is 55.5 Å². The summed E-state index contributed by atoms with van der Waals surface area (Å²) >= 11 is 6.45. The van der Waals surface area contributed by atoms with Crippen LogP contribution in [-0.2, 0) is 5.41 Å². The minimum atomic E-state index is -1.49. The number of benzene rings is 2. The lowest BCUT2D eigenvalue weighted by molar-refractivity contribution is 0.104. The molecule has 0 aliphatic rings. The summed E-state index contributed by atoms with van der Waals surface area (Å²) in [5.74, 6) is 0. The molecule has 0 spiro atoms. The van der Waals surface area contributed by atoms with Crippen LogP contribution in [0.25, 0.3) is 11.6 Å². The van der Waals surface area contributed by atoms with Gasteiger partial charge in [0.1, 0.15) is 5.67 Å². The minimum Gasteiger partial charge on any atom is -0.244 e. The number of rotatable bonds is 6. The summed E-state index contributed by atoms with van der Waals surface area (Å²) in [6.07, 6.45) is 4.14. The molecule has 0 aromatic heterocycles. The van der Waals surface area contributed by atoms with Crippen molar-refractivity contribution < 1.29 is 4.39 Å². The highest BCUT2D eigenvalue weighted by molar-refractivity contribution is 6.31. The van der Waals surface area contributed by atoms with Crippen LogP contribution in [0.4, 0.5) is 4.39 Å². The fourth-order valence-electron chi connectivity index (χ4n) is 3.57. The molecule has 0 saturated carbocycles. The molecule has 0 radical (unpaired) electrons. The van der Waals surface area contributed by atoms with Gasteiger partial charge < -0.3 is 0 Å². The predicted molar refractivity (Wildman–Crippen MR) is 123 cm³/mol. The number of nitriles is 1. The third-order valence-corrected chi connectivity index (χ3v) is 6.60. The van der Waals surface area contributed by atoms with Gasteiger partial charge in [0.25, 0.3) is 0 Å². The van der Waals surface area contributed by atoms with E-state index in [0.29, 0.717) is 17.0 Å². The van der Waals surface area contributed by atoms with Crippen LogP contribution in [0.5, 0.6) is 0 Å². The van der Waals surface area contributed by atoms with Crippen molar-refractivity contribution >= 4 is 23.3 Å². The van der Waals surface area contributed by atoms with E-state index in [1.54, 1.807) is 19.9 Å². The van der Waals surface area contributed by atoms with Crippen LogP contribution >= 0.6 is 11.6 Å². The average molecular weight is 410 g/mol. The zero-order valence-corrected chi connectivity index (χ0v) is 18.9. The first kappa shape index (κ1) is 22.9. The van der Waals surface area contributed by atoms with Gasteiger partial charge in [0.05, 0.1) is 11.6 Å². The van der Waals surface area contributed by atoms with Crippen LogP contribution in [0, 0.1) is 25.2 Å². The lowest BCUT2D eigenvalue weighted by Gasteiger charge is -2.40. The summed E-state index contributed by atoms with van der Waals surface area (Å²) in [7, 11) is 0. The number of halogens is 2. The van der Waals surface area contributed by atoms with Gasteiger partial charge in [-0.25, -0.2) is 4.39 Å². The molecule has 0 fully saturated rings. The normalized spacial score (nSPS) is 14.2. The molecule has 1 unspecified atom stereocenters. The molecule has 0 aliphatic carbocycles. The second-order valence-electron chi connectivity index (χ2n) is 8.31. The Labute approximate surface area is 179 Å². The Bertz CT molecular complexity index is 981. The molecule has 3 heteroatoms. The summed E-state index contributed by atoms with van der Waals surface area (Å²) in [6.45, 7) is 14.9. The van der Waals surface area contributed by atoms with Crippen LogP contribution in [0.3, 0.4) is 0 Å². The van der Waals surface area contributed by atoms with Crippen LogP contribution < -0.4 is 0 Å². The highest BCUT2D eigenvalue weighted by Crippen LogP contribution is 2.46. The number of aryl methyl sites for hydroxylation is 1. The van der Waals surface area contributed by atoms with E-state index in [-0.39, 0.29) is 0 Å². The molecule has 2 aromatic carbocycles. The lowest BCUT2D eigenvalue weighted by Crippen LogP contribution is -2.42. The Hall–Kier alpha value is -2.37. The maximum Gasteiger partial charge on any atom is 0.115 e. The third kappa shape index (κ3) is 4.46. The average Bonchev–Trinajstić information content (AvgIpc) is 2.68. The van der Waals surface area contributed by atoms with Crippen molar-refractivity contribution in [3.63, 3.8) is 0 Å². The maximum atomic E-state index is 15.6. The first-order chi connectivity index (χ1) is 13.5. The van der Waals surface area contributed by atoms with Crippen molar-refractivity contribution in [2.45, 2.75) is 59.0 Å². The maximum absolute atomic E-state index is 15.6. The summed E-state index contributed by atoms with van der Waals surface area (Å²) in [5.41, 5.74) is 3.90. The van der Waals surface area contributed by atoms with Gasteiger partial charge in [-0.15, -0.1) is 0 Å².